The Labute approximate surface area is 94.1 Å². The minimum atomic E-state index is -0.589. The van der Waals surface area contributed by atoms with E-state index in [2.05, 4.69) is 22.0 Å². The predicted molar refractivity (Wildman–Crippen MR) is 61.3 cm³/mol. The van der Waals surface area contributed by atoms with Crippen molar-refractivity contribution in [3.8, 4) is 0 Å². The molecule has 1 atom stereocenters. The zero-order chi connectivity index (χ0) is 9.68. The third kappa shape index (κ3) is 4.46. The van der Waals surface area contributed by atoms with Crippen molar-refractivity contribution in [2.75, 3.05) is 12.4 Å². The van der Waals surface area contributed by atoms with Crippen LogP contribution in [0.1, 0.15) is 4.88 Å². The van der Waals surface area contributed by atoms with Gasteiger partial charge in [0.25, 0.3) is 0 Å². The van der Waals surface area contributed by atoms with Crippen LogP contribution in [0.2, 0.25) is 0 Å². The van der Waals surface area contributed by atoms with Crippen LogP contribution < -0.4 is 0 Å². The molecule has 0 saturated carbocycles. The van der Waals surface area contributed by atoms with Crippen LogP contribution in [0.3, 0.4) is 0 Å². The van der Waals surface area contributed by atoms with E-state index in [0.717, 1.165) is 9.54 Å². The lowest BCUT2D eigenvalue weighted by atomic mass is 10.4. The predicted octanol–water partition coefficient (Wildman–Crippen LogP) is 2.10. The van der Waals surface area contributed by atoms with Crippen LogP contribution in [0.5, 0.6) is 0 Å². The number of thiophene rings is 1. The van der Waals surface area contributed by atoms with Crippen LogP contribution in [0.25, 0.3) is 0 Å². The fourth-order valence-electron chi connectivity index (χ4n) is 0.778. The normalized spacial score (nSPS) is 13.2. The Morgan fingerprint density at radius 1 is 1.54 bits per heavy atom. The molecule has 1 heterocycles. The summed E-state index contributed by atoms with van der Waals surface area (Å²) in [6.07, 6.45) is -0.589. The Kier molecular flexibility index (Phi) is 5.35. The SMILES string of the molecule is OCC(O)CSCc1ccc(Br)s1. The van der Waals surface area contributed by atoms with E-state index in [9.17, 15) is 0 Å². The Morgan fingerprint density at radius 3 is 2.85 bits per heavy atom. The van der Waals surface area contributed by atoms with Crippen LogP contribution in [-0.2, 0) is 5.75 Å². The Hall–Kier alpha value is 0.450. The van der Waals surface area contributed by atoms with Gasteiger partial charge in [-0.3, -0.25) is 0 Å². The van der Waals surface area contributed by atoms with Gasteiger partial charge in [-0.1, -0.05) is 0 Å². The van der Waals surface area contributed by atoms with Gasteiger partial charge in [-0.15, -0.1) is 11.3 Å². The molecule has 0 aromatic carbocycles. The summed E-state index contributed by atoms with van der Waals surface area (Å²) in [5, 5.41) is 17.6. The number of thioether (sulfide) groups is 1. The number of aliphatic hydroxyl groups excluding tert-OH is 2. The second kappa shape index (κ2) is 6.03. The Bertz CT molecular complexity index is 252. The maximum absolute atomic E-state index is 9.06. The van der Waals surface area contributed by atoms with Crippen molar-refractivity contribution < 1.29 is 10.2 Å². The number of hydrogen-bond acceptors (Lipinski definition) is 4. The van der Waals surface area contributed by atoms with Crippen LogP contribution in [0.15, 0.2) is 15.9 Å². The molecule has 1 aromatic heterocycles. The molecule has 0 radical (unpaired) electrons. The summed E-state index contributed by atoms with van der Waals surface area (Å²) in [5.41, 5.74) is 0. The first-order chi connectivity index (χ1) is 6.22. The van der Waals surface area contributed by atoms with Gasteiger partial charge < -0.3 is 10.2 Å². The fraction of sp³-hybridized carbons (Fsp3) is 0.500. The lowest BCUT2D eigenvalue weighted by Gasteiger charge is -2.04. The summed E-state index contributed by atoms with van der Waals surface area (Å²) in [7, 11) is 0. The van der Waals surface area contributed by atoms with Crippen molar-refractivity contribution in [3.63, 3.8) is 0 Å². The van der Waals surface area contributed by atoms with Gasteiger partial charge in [-0.05, 0) is 28.1 Å². The molecule has 2 N–H and O–H groups in total. The monoisotopic (exact) mass is 282 g/mol. The average Bonchev–Trinajstić information content (AvgIpc) is 2.51. The van der Waals surface area contributed by atoms with Crippen molar-refractivity contribution in [2.24, 2.45) is 0 Å². The van der Waals surface area contributed by atoms with Crippen LogP contribution in [-0.4, -0.2) is 28.7 Å². The Morgan fingerprint density at radius 2 is 2.31 bits per heavy atom. The molecule has 0 spiro atoms. The highest BCUT2D eigenvalue weighted by Gasteiger charge is 2.03. The van der Waals surface area contributed by atoms with Gasteiger partial charge in [-0.25, -0.2) is 0 Å². The molecule has 0 amide bonds. The molecule has 13 heavy (non-hydrogen) atoms. The van der Waals surface area contributed by atoms with E-state index in [1.165, 1.54) is 4.88 Å². The topological polar surface area (TPSA) is 40.5 Å². The van der Waals surface area contributed by atoms with E-state index >= 15 is 0 Å². The lowest BCUT2D eigenvalue weighted by Crippen LogP contribution is -2.14. The largest absolute Gasteiger partial charge is 0.394 e. The van der Waals surface area contributed by atoms with E-state index in [0.29, 0.717) is 5.75 Å². The molecule has 0 bridgehead atoms. The van der Waals surface area contributed by atoms with Crippen LogP contribution in [0.4, 0.5) is 0 Å². The average molecular weight is 283 g/mol. The minimum absolute atomic E-state index is 0.152. The molecule has 0 fully saturated rings. The van der Waals surface area contributed by atoms with E-state index in [1.54, 1.807) is 23.1 Å². The molecule has 5 heteroatoms. The van der Waals surface area contributed by atoms with Gasteiger partial charge >= 0.3 is 0 Å². The second-order valence-electron chi connectivity index (χ2n) is 2.56. The van der Waals surface area contributed by atoms with E-state index in [-0.39, 0.29) is 6.61 Å². The fourth-order valence-corrected chi connectivity index (χ4v) is 3.33. The number of hydrogen-bond donors (Lipinski definition) is 2. The van der Waals surface area contributed by atoms with Crippen LogP contribution in [0, 0.1) is 0 Å². The molecular weight excluding hydrogens is 272 g/mol. The summed E-state index contributed by atoms with van der Waals surface area (Å²) >= 11 is 6.72. The van der Waals surface area contributed by atoms with E-state index < -0.39 is 6.10 Å². The lowest BCUT2D eigenvalue weighted by molar-refractivity contribution is 0.113. The molecule has 2 nitrogen and oxygen atoms in total. The highest BCUT2D eigenvalue weighted by molar-refractivity contribution is 9.11. The van der Waals surface area contributed by atoms with Gasteiger partial charge in [-0.2, -0.15) is 11.8 Å². The summed E-state index contributed by atoms with van der Waals surface area (Å²) in [6, 6.07) is 4.08. The molecule has 74 valence electrons. The first kappa shape index (κ1) is 11.5. The summed E-state index contributed by atoms with van der Waals surface area (Å²) < 4.78 is 1.13. The van der Waals surface area contributed by atoms with Crippen LogP contribution >= 0.6 is 39.0 Å². The maximum Gasteiger partial charge on any atom is 0.0861 e. The smallest absolute Gasteiger partial charge is 0.0861 e. The minimum Gasteiger partial charge on any atom is -0.394 e. The molecule has 0 aliphatic carbocycles. The van der Waals surface area contributed by atoms with Gasteiger partial charge in [0.2, 0.25) is 0 Å². The van der Waals surface area contributed by atoms with E-state index in [1.807, 2.05) is 6.07 Å². The highest BCUT2D eigenvalue weighted by Crippen LogP contribution is 2.25. The molecule has 1 aromatic rings. The molecule has 0 aliphatic heterocycles. The number of aliphatic hydroxyl groups is 2. The van der Waals surface area contributed by atoms with Crippen molar-refractivity contribution in [2.45, 2.75) is 11.9 Å². The summed E-state index contributed by atoms with van der Waals surface area (Å²) in [5.74, 6) is 1.49. The third-order valence-electron chi connectivity index (χ3n) is 1.39. The quantitative estimate of drug-likeness (QED) is 0.869. The zero-order valence-corrected chi connectivity index (χ0v) is 10.2. The van der Waals surface area contributed by atoms with E-state index in [4.69, 9.17) is 10.2 Å². The molecule has 1 unspecified atom stereocenters. The highest BCUT2D eigenvalue weighted by atomic mass is 79.9. The molecule has 0 aliphatic rings. The summed E-state index contributed by atoms with van der Waals surface area (Å²) in [4.78, 5) is 1.28. The van der Waals surface area contributed by atoms with Gasteiger partial charge in [0.15, 0.2) is 0 Å². The van der Waals surface area contributed by atoms with Crippen molar-refractivity contribution in [1.82, 2.24) is 0 Å². The standard InChI is InChI=1S/C8H11BrO2S2/c9-8-2-1-7(13-8)5-12-4-6(11)3-10/h1-2,6,10-11H,3-5H2. The second-order valence-corrected chi connectivity index (χ2v) is 6.14. The van der Waals surface area contributed by atoms with Gasteiger partial charge in [0.1, 0.15) is 0 Å². The molecule has 0 saturated heterocycles. The van der Waals surface area contributed by atoms with Gasteiger partial charge in [0, 0.05) is 16.4 Å². The van der Waals surface area contributed by atoms with Crippen molar-refractivity contribution in [3.05, 3.63) is 20.8 Å². The zero-order valence-electron chi connectivity index (χ0n) is 6.94. The third-order valence-corrected chi connectivity index (χ3v) is 4.34. The molecule has 1 rings (SSSR count). The first-order valence-corrected chi connectivity index (χ1v) is 6.59. The molecular formula is C8H11BrO2S2. The van der Waals surface area contributed by atoms with Crippen molar-refractivity contribution >= 4 is 39.0 Å². The number of rotatable bonds is 5. The van der Waals surface area contributed by atoms with Gasteiger partial charge in [0.05, 0.1) is 16.5 Å². The number of halogens is 1. The van der Waals surface area contributed by atoms with Crippen molar-refractivity contribution in [1.29, 1.82) is 0 Å². The maximum atomic E-state index is 9.06. The first-order valence-electron chi connectivity index (χ1n) is 3.83. The Balaban J connectivity index is 2.20. The summed E-state index contributed by atoms with van der Waals surface area (Å²) in [6.45, 7) is -0.152.